The highest BCUT2D eigenvalue weighted by Crippen LogP contribution is 2.15. The van der Waals surface area contributed by atoms with Crippen molar-refractivity contribution in [3.05, 3.63) is 110 Å². The molecule has 0 unspecified atom stereocenters. The molecule has 3 aromatic carbocycles. The van der Waals surface area contributed by atoms with E-state index in [1.807, 2.05) is 24.3 Å². The molecule has 2 heterocycles. The van der Waals surface area contributed by atoms with Gasteiger partial charge in [0.25, 0.3) is 11.4 Å². The summed E-state index contributed by atoms with van der Waals surface area (Å²) < 4.78 is 10.6. The first-order chi connectivity index (χ1) is 19.8. The first kappa shape index (κ1) is 32.1. The quantitative estimate of drug-likeness (QED) is 0.165. The fourth-order valence-corrected chi connectivity index (χ4v) is 4.46. The molecule has 3 aromatic rings. The molecule has 0 aromatic heterocycles. The lowest BCUT2D eigenvalue weighted by Gasteiger charge is -2.26. The zero-order valence-electron chi connectivity index (χ0n) is 22.9. The minimum absolute atomic E-state index is 0.134. The van der Waals surface area contributed by atoms with Gasteiger partial charge in [0.15, 0.2) is 0 Å². The average molecular weight is 631 g/mol. The van der Waals surface area contributed by atoms with E-state index < -0.39 is 4.92 Å². The Morgan fingerprint density at radius 3 is 1.32 bits per heavy atom. The number of morpholine rings is 2. The van der Waals surface area contributed by atoms with E-state index in [4.69, 9.17) is 15.2 Å². The summed E-state index contributed by atoms with van der Waals surface area (Å²) in [5.74, 6) is 0. The fourth-order valence-electron chi connectivity index (χ4n) is 4.09. The lowest BCUT2D eigenvalue weighted by Crippen LogP contribution is -2.35. The van der Waals surface area contributed by atoms with Crippen molar-refractivity contribution in [3.8, 4) is 0 Å². The van der Waals surface area contributed by atoms with Gasteiger partial charge >= 0.3 is 0 Å². The van der Waals surface area contributed by atoms with E-state index in [-0.39, 0.29) is 16.3 Å². The Bertz CT molecular complexity index is 1200. The van der Waals surface area contributed by atoms with Crippen LogP contribution in [-0.4, -0.2) is 72.3 Å². The van der Waals surface area contributed by atoms with Gasteiger partial charge in [-0.25, -0.2) is 0 Å². The second-order valence-electron chi connectivity index (χ2n) is 9.50. The molecule has 2 fully saturated rings. The Hall–Kier alpha value is -3.42. The molecule has 2 aliphatic heterocycles. The third kappa shape index (κ3) is 11.9. The van der Waals surface area contributed by atoms with Gasteiger partial charge in [0.2, 0.25) is 0 Å². The summed E-state index contributed by atoms with van der Waals surface area (Å²) in [7, 11) is 0. The summed E-state index contributed by atoms with van der Waals surface area (Å²) in [6.07, 6.45) is 0. The molecule has 5 rings (SSSR count). The van der Waals surface area contributed by atoms with Gasteiger partial charge in [0, 0.05) is 74.6 Å². The number of halogens is 1. The molecule has 2 aliphatic rings. The third-order valence-corrected chi connectivity index (χ3v) is 7.10. The lowest BCUT2D eigenvalue weighted by atomic mass is 10.2. The first-order valence-electron chi connectivity index (χ1n) is 13.3. The molecular weight excluding hydrogens is 594 g/mol. The van der Waals surface area contributed by atoms with Crippen molar-refractivity contribution in [2.45, 2.75) is 18.4 Å². The number of anilines is 1. The van der Waals surface area contributed by atoms with Crippen LogP contribution >= 0.6 is 15.9 Å². The molecule has 220 valence electrons. The van der Waals surface area contributed by atoms with E-state index in [0.717, 1.165) is 87.8 Å². The van der Waals surface area contributed by atoms with Gasteiger partial charge in [-0.1, -0.05) is 52.3 Å². The predicted octanol–water partition coefficient (Wildman–Crippen LogP) is 5.02. The first-order valence-corrected chi connectivity index (χ1v) is 14.4. The average Bonchev–Trinajstić information content (AvgIpc) is 3.00. The van der Waals surface area contributed by atoms with Crippen LogP contribution in [0.5, 0.6) is 0 Å². The summed E-state index contributed by atoms with van der Waals surface area (Å²) in [6, 6.07) is 21.3. The highest BCUT2D eigenvalue weighted by molar-refractivity contribution is 9.08. The van der Waals surface area contributed by atoms with Crippen LogP contribution in [0.15, 0.2) is 72.8 Å². The van der Waals surface area contributed by atoms with Crippen molar-refractivity contribution in [2.24, 2.45) is 0 Å². The van der Waals surface area contributed by atoms with Crippen LogP contribution in [0, 0.1) is 20.2 Å². The number of alkyl halides is 1. The summed E-state index contributed by atoms with van der Waals surface area (Å²) in [6.45, 7) is 9.01. The summed E-state index contributed by atoms with van der Waals surface area (Å²) in [5, 5.41) is 21.4. The number of nitro benzene ring substituents is 2. The van der Waals surface area contributed by atoms with Gasteiger partial charge < -0.3 is 15.2 Å². The van der Waals surface area contributed by atoms with E-state index in [0.29, 0.717) is 0 Å². The van der Waals surface area contributed by atoms with Crippen LogP contribution in [0.25, 0.3) is 0 Å². The SMILES string of the molecule is Nc1ccc(CN2CCOCC2)cc1.O=[N+]([O-])c1ccc(CBr)cc1.O=[N+]([O-])c1ccc(CN2CCOCC2)cc1. The van der Waals surface area contributed by atoms with Gasteiger partial charge in [-0.2, -0.15) is 0 Å². The smallest absolute Gasteiger partial charge is 0.269 e. The Labute approximate surface area is 248 Å². The van der Waals surface area contributed by atoms with Crippen molar-refractivity contribution in [1.29, 1.82) is 0 Å². The largest absolute Gasteiger partial charge is 0.399 e. The van der Waals surface area contributed by atoms with Gasteiger partial charge in [-0.3, -0.25) is 30.0 Å². The second kappa shape index (κ2) is 17.4. The number of nitrogens with zero attached hydrogens (tertiary/aromatic N) is 4. The number of hydrogen-bond donors (Lipinski definition) is 1. The molecule has 0 amide bonds. The Balaban J connectivity index is 0.000000172. The zero-order valence-corrected chi connectivity index (χ0v) is 24.5. The molecule has 12 heteroatoms. The van der Waals surface area contributed by atoms with E-state index in [2.05, 4.69) is 37.9 Å². The van der Waals surface area contributed by atoms with E-state index >= 15 is 0 Å². The molecule has 2 N–H and O–H groups in total. The van der Waals surface area contributed by atoms with Crippen molar-refractivity contribution in [2.75, 3.05) is 58.3 Å². The summed E-state index contributed by atoms with van der Waals surface area (Å²) >= 11 is 3.25. The van der Waals surface area contributed by atoms with Crippen LogP contribution in [0.3, 0.4) is 0 Å². The summed E-state index contributed by atoms with van der Waals surface area (Å²) in [4.78, 5) is 24.6. The topological polar surface area (TPSA) is 137 Å². The van der Waals surface area contributed by atoms with Gasteiger partial charge in [-0.05, 0) is 28.8 Å². The van der Waals surface area contributed by atoms with Crippen molar-refractivity contribution in [3.63, 3.8) is 0 Å². The minimum atomic E-state index is -0.405. The minimum Gasteiger partial charge on any atom is -0.399 e. The van der Waals surface area contributed by atoms with Crippen molar-refractivity contribution >= 4 is 33.0 Å². The summed E-state index contributed by atoms with van der Waals surface area (Å²) in [5.41, 5.74) is 10.2. The molecule has 0 spiro atoms. The third-order valence-electron chi connectivity index (χ3n) is 6.45. The highest BCUT2D eigenvalue weighted by atomic mass is 79.9. The van der Waals surface area contributed by atoms with Gasteiger partial charge in [0.05, 0.1) is 36.3 Å². The number of nitrogen functional groups attached to an aromatic ring is 1. The highest BCUT2D eigenvalue weighted by Gasteiger charge is 2.12. The van der Waals surface area contributed by atoms with Crippen LogP contribution in [0.4, 0.5) is 17.1 Å². The van der Waals surface area contributed by atoms with E-state index in [1.165, 1.54) is 17.7 Å². The number of non-ortho nitro benzene ring substituents is 2. The lowest BCUT2D eigenvalue weighted by molar-refractivity contribution is -0.385. The zero-order chi connectivity index (χ0) is 29.5. The Morgan fingerprint density at radius 1 is 0.634 bits per heavy atom. The number of ether oxygens (including phenoxy) is 2. The molecule has 2 saturated heterocycles. The molecule has 0 aliphatic carbocycles. The molecule has 0 atom stereocenters. The van der Waals surface area contributed by atoms with Crippen LogP contribution in [0.1, 0.15) is 16.7 Å². The number of hydrogen-bond acceptors (Lipinski definition) is 9. The standard InChI is InChI=1S/C11H14N2O3.C11H16N2O.C7H6BrNO2/c14-13(15)11-3-1-10(2-4-11)9-12-5-7-16-8-6-12;12-11-3-1-10(2-4-11)9-13-5-7-14-8-6-13;8-5-6-1-3-7(4-2-6)9(10)11/h1-4H,5-9H2;1-4H,5-9,12H2;1-4H,5H2. The second-order valence-corrected chi connectivity index (χ2v) is 10.1. The normalized spacial score (nSPS) is 15.5. The molecule has 41 heavy (non-hydrogen) atoms. The maximum Gasteiger partial charge on any atom is 0.269 e. The van der Waals surface area contributed by atoms with Crippen LogP contribution in [-0.2, 0) is 27.9 Å². The molecule has 0 saturated carbocycles. The van der Waals surface area contributed by atoms with Gasteiger partial charge in [-0.15, -0.1) is 0 Å². The molecule has 0 bridgehead atoms. The number of nitrogens with two attached hydrogens (primary N) is 1. The van der Waals surface area contributed by atoms with Crippen LogP contribution < -0.4 is 5.73 Å². The number of nitro groups is 2. The van der Waals surface area contributed by atoms with Crippen molar-refractivity contribution in [1.82, 2.24) is 9.80 Å². The number of rotatable bonds is 7. The molecular formula is C29H36BrN5O6. The Kier molecular flexibility index (Phi) is 13.6. The van der Waals surface area contributed by atoms with Crippen LogP contribution in [0.2, 0.25) is 0 Å². The molecule has 11 nitrogen and oxygen atoms in total. The maximum atomic E-state index is 10.5. The maximum absolute atomic E-state index is 10.5. The molecule has 0 radical (unpaired) electrons. The monoisotopic (exact) mass is 629 g/mol. The van der Waals surface area contributed by atoms with E-state index in [1.54, 1.807) is 24.3 Å². The van der Waals surface area contributed by atoms with Gasteiger partial charge in [0.1, 0.15) is 0 Å². The van der Waals surface area contributed by atoms with E-state index in [9.17, 15) is 20.2 Å². The Morgan fingerprint density at radius 2 is 0.976 bits per heavy atom. The van der Waals surface area contributed by atoms with Crippen molar-refractivity contribution < 1.29 is 19.3 Å². The number of benzene rings is 3. The fraction of sp³-hybridized carbons (Fsp3) is 0.379. The predicted molar refractivity (Wildman–Crippen MR) is 162 cm³/mol.